The molecule has 0 aliphatic heterocycles. The number of carboxylic acids is 1. The van der Waals surface area contributed by atoms with E-state index in [2.05, 4.69) is 0 Å². The third-order valence-corrected chi connectivity index (χ3v) is 3.15. The lowest BCUT2D eigenvalue weighted by Gasteiger charge is -2.14. The highest BCUT2D eigenvalue weighted by atomic mass is 16.5. The van der Waals surface area contributed by atoms with Gasteiger partial charge in [-0.3, -0.25) is 0 Å². The first-order valence-electron chi connectivity index (χ1n) is 6.70. The van der Waals surface area contributed by atoms with Gasteiger partial charge >= 0.3 is 5.97 Å². The zero-order valence-electron chi connectivity index (χ0n) is 11.9. The summed E-state index contributed by atoms with van der Waals surface area (Å²) in [6.07, 6.45) is -0.537. The molecule has 0 saturated heterocycles. The lowest BCUT2D eigenvalue weighted by atomic mass is 10.1. The van der Waals surface area contributed by atoms with E-state index >= 15 is 0 Å². The van der Waals surface area contributed by atoms with Crippen molar-refractivity contribution in [1.29, 1.82) is 0 Å². The molecule has 110 valence electrons. The molecule has 1 N–H and O–H groups in total. The van der Waals surface area contributed by atoms with Crippen LogP contribution in [-0.2, 0) is 22.6 Å². The van der Waals surface area contributed by atoms with Crippen molar-refractivity contribution in [3.8, 4) is 5.75 Å². The van der Waals surface area contributed by atoms with Crippen molar-refractivity contribution in [3.05, 3.63) is 65.7 Å². The van der Waals surface area contributed by atoms with Gasteiger partial charge in [0.15, 0.2) is 6.10 Å². The summed E-state index contributed by atoms with van der Waals surface area (Å²) in [5, 5.41) is 9.26. The van der Waals surface area contributed by atoms with Gasteiger partial charge < -0.3 is 14.6 Å². The van der Waals surface area contributed by atoms with Gasteiger partial charge in [-0.25, -0.2) is 4.79 Å². The summed E-state index contributed by atoms with van der Waals surface area (Å²) >= 11 is 0. The van der Waals surface area contributed by atoms with Gasteiger partial charge in [0.2, 0.25) is 0 Å². The standard InChI is InChI=1S/C17H18O4/c1-20-15-9-7-13(8-10-15)11-16(17(18)19)21-12-14-5-3-2-4-6-14/h2-10,16H,11-12H2,1H3,(H,18,19)/t16-/m0/s1. The second kappa shape index (κ2) is 7.45. The lowest BCUT2D eigenvalue weighted by molar-refractivity contribution is -0.151. The summed E-state index contributed by atoms with van der Waals surface area (Å²) in [6.45, 7) is 0.286. The molecule has 0 aromatic heterocycles. The van der Waals surface area contributed by atoms with Crippen LogP contribution >= 0.6 is 0 Å². The van der Waals surface area contributed by atoms with E-state index in [0.29, 0.717) is 6.42 Å². The van der Waals surface area contributed by atoms with Gasteiger partial charge in [-0.2, -0.15) is 0 Å². The van der Waals surface area contributed by atoms with E-state index in [1.54, 1.807) is 7.11 Å². The Balaban J connectivity index is 1.96. The summed E-state index contributed by atoms with van der Waals surface area (Å²) in [4.78, 5) is 11.3. The van der Waals surface area contributed by atoms with Gasteiger partial charge in [-0.1, -0.05) is 42.5 Å². The van der Waals surface area contributed by atoms with Gasteiger partial charge in [-0.15, -0.1) is 0 Å². The molecule has 0 radical (unpaired) electrons. The van der Waals surface area contributed by atoms with Crippen LogP contribution in [0.3, 0.4) is 0 Å². The summed E-state index contributed by atoms with van der Waals surface area (Å²) in [5.74, 6) is -0.211. The van der Waals surface area contributed by atoms with E-state index in [9.17, 15) is 9.90 Å². The lowest BCUT2D eigenvalue weighted by Crippen LogP contribution is -2.26. The molecular formula is C17H18O4. The zero-order valence-corrected chi connectivity index (χ0v) is 11.9. The minimum absolute atomic E-state index is 0.286. The number of carboxylic acid groups (broad SMARTS) is 1. The molecule has 0 aliphatic carbocycles. The molecule has 0 heterocycles. The van der Waals surface area contributed by atoms with Gasteiger partial charge in [0.1, 0.15) is 5.75 Å². The second-order valence-electron chi connectivity index (χ2n) is 4.68. The van der Waals surface area contributed by atoms with Crippen molar-refractivity contribution in [3.63, 3.8) is 0 Å². The molecule has 1 atom stereocenters. The van der Waals surface area contributed by atoms with Crippen LogP contribution in [0.25, 0.3) is 0 Å². The highest BCUT2D eigenvalue weighted by molar-refractivity contribution is 5.72. The fraction of sp³-hybridized carbons (Fsp3) is 0.235. The van der Waals surface area contributed by atoms with Crippen LogP contribution in [0.15, 0.2) is 54.6 Å². The minimum atomic E-state index is -0.957. The van der Waals surface area contributed by atoms with Crippen molar-refractivity contribution >= 4 is 5.97 Å². The Morgan fingerprint density at radius 3 is 2.29 bits per heavy atom. The Morgan fingerprint density at radius 1 is 1.05 bits per heavy atom. The monoisotopic (exact) mass is 286 g/mol. The predicted molar refractivity (Wildman–Crippen MR) is 79.4 cm³/mol. The Labute approximate surface area is 123 Å². The fourth-order valence-electron chi connectivity index (χ4n) is 1.96. The van der Waals surface area contributed by atoms with E-state index in [1.807, 2.05) is 54.6 Å². The highest BCUT2D eigenvalue weighted by Crippen LogP contribution is 2.14. The Morgan fingerprint density at radius 2 is 1.71 bits per heavy atom. The van der Waals surface area contributed by atoms with Crippen LogP contribution in [0.4, 0.5) is 0 Å². The van der Waals surface area contributed by atoms with E-state index in [-0.39, 0.29) is 6.61 Å². The third kappa shape index (κ3) is 4.61. The molecule has 0 bridgehead atoms. The molecule has 0 saturated carbocycles. The minimum Gasteiger partial charge on any atom is -0.497 e. The van der Waals surface area contributed by atoms with Crippen molar-refractivity contribution in [2.75, 3.05) is 7.11 Å². The fourth-order valence-corrected chi connectivity index (χ4v) is 1.96. The molecule has 0 aliphatic rings. The average Bonchev–Trinajstić information content (AvgIpc) is 2.52. The number of carbonyl (C=O) groups is 1. The number of ether oxygens (including phenoxy) is 2. The molecule has 2 aromatic rings. The Hall–Kier alpha value is -2.33. The summed E-state index contributed by atoms with van der Waals surface area (Å²) < 4.78 is 10.6. The van der Waals surface area contributed by atoms with Gasteiger partial charge in [-0.05, 0) is 23.3 Å². The summed E-state index contributed by atoms with van der Waals surface area (Å²) in [6, 6.07) is 16.8. The van der Waals surface area contributed by atoms with Gasteiger partial charge in [0.05, 0.1) is 13.7 Å². The molecule has 0 spiro atoms. The largest absolute Gasteiger partial charge is 0.497 e. The van der Waals surface area contributed by atoms with Crippen LogP contribution in [0.2, 0.25) is 0 Å². The second-order valence-corrected chi connectivity index (χ2v) is 4.68. The number of aliphatic carboxylic acids is 1. The molecule has 21 heavy (non-hydrogen) atoms. The molecule has 0 amide bonds. The molecular weight excluding hydrogens is 268 g/mol. The van der Waals surface area contributed by atoms with Crippen molar-refractivity contribution in [2.45, 2.75) is 19.1 Å². The van der Waals surface area contributed by atoms with Crippen molar-refractivity contribution < 1.29 is 19.4 Å². The van der Waals surface area contributed by atoms with E-state index < -0.39 is 12.1 Å². The van der Waals surface area contributed by atoms with Crippen molar-refractivity contribution in [1.82, 2.24) is 0 Å². The van der Waals surface area contributed by atoms with Crippen LogP contribution in [0.5, 0.6) is 5.75 Å². The predicted octanol–water partition coefficient (Wildman–Crippen LogP) is 2.91. The van der Waals surface area contributed by atoms with Crippen LogP contribution < -0.4 is 4.74 Å². The van der Waals surface area contributed by atoms with E-state index in [4.69, 9.17) is 9.47 Å². The van der Waals surface area contributed by atoms with Crippen LogP contribution in [0, 0.1) is 0 Å². The quantitative estimate of drug-likeness (QED) is 0.850. The maximum absolute atomic E-state index is 11.3. The number of methoxy groups -OCH3 is 1. The first kappa shape index (κ1) is 15.1. The third-order valence-electron chi connectivity index (χ3n) is 3.15. The average molecular weight is 286 g/mol. The first-order chi connectivity index (χ1) is 10.2. The number of hydrogen-bond donors (Lipinski definition) is 1. The number of hydrogen-bond acceptors (Lipinski definition) is 3. The van der Waals surface area contributed by atoms with Gasteiger partial charge in [0, 0.05) is 6.42 Å². The molecule has 0 unspecified atom stereocenters. The number of benzene rings is 2. The number of rotatable bonds is 7. The van der Waals surface area contributed by atoms with Crippen LogP contribution in [-0.4, -0.2) is 24.3 Å². The first-order valence-corrected chi connectivity index (χ1v) is 6.70. The molecule has 2 rings (SSSR count). The van der Waals surface area contributed by atoms with E-state index in [1.165, 1.54) is 0 Å². The highest BCUT2D eigenvalue weighted by Gasteiger charge is 2.18. The summed E-state index contributed by atoms with van der Waals surface area (Å²) in [5.41, 5.74) is 1.86. The molecule has 0 fully saturated rings. The maximum Gasteiger partial charge on any atom is 0.333 e. The topological polar surface area (TPSA) is 55.8 Å². The van der Waals surface area contributed by atoms with Crippen LogP contribution in [0.1, 0.15) is 11.1 Å². The zero-order chi connectivity index (χ0) is 15.1. The van der Waals surface area contributed by atoms with Crippen molar-refractivity contribution in [2.24, 2.45) is 0 Å². The molecule has 2 aromatic carbocycles. The van der Waals surface area contributed by atoms with Gasteiger partial charge in [0.25, 0.3) is 0 Å². The Bertz CT molecular complexity index is 563. The normalized spacial score (nSPS) is 11.9. The Kier molecular flexibility index (Phi) is 5.35. The summed E-state index contributed by atoms with van der Waals surface area (Å²) in [7, 11) is 1.60. The molecule has 4 heteroatoms. The molecule has 4 nitrogen and oxygen atoms in total. The smallest absolute Gasteiger partial charge is 0.333 e. The maximum atomic E-state index is 11.3. The van der Waals surface area contributed by atoms with E-state index in [0.717, 1.165) is 16.9 Å². The SMILES string of the molecule is COc1ccc(C[C@H](OCc2ccccc2)C(=O)O)cc1.